The quantitative estimate of drug-likeness (QED) is 0.175. The number of carboxylic acids is 1. The number of thiocarbonyl (C=S) groups is 1. The van der Waals surface area contributed by atoms with Crippen molar-refractivity contribution >= 4 is 57.2 Å². The van der Waals surface area contributed by atoms with Crippen LogP contribution in [0.3, 0.4) is 0 Å². The number of thioether (sulfide) groups is 1. The lowest BCUT2D eigenvalue weighted by atomic mass is 10.0. The number of ether oxygens (including phenoxy) is 2. The van der Waals surface area contributed by atoms with E-state index in [0.717, 1.165) is 71.8 Å². The fourth-order valence-electron chi connectivity index (χ4n) is 5.22. The Labute approximate surface area is 265 Å². The number of aromatic carboxylic acids is 1. The lowest BCUT2D eigenvalue weighted by molar-refractivity contribution is -0.122. The number of morpholine rings is 1. The van der Waals surface area contributed by atoms with E-state index in [9.17, 15) is 9.59 Å². The lowest BCUT2D eigenvalue weighted by Crippen LogP contribution is -2.38. The number of carboxylic acid groups (broad SMARTS) is 1. The second kappa shape index (κ2) is 13.7. The summed E-state index contributed by atoms with van der Waals surface area (Å²) in [5.41, 5.74) is 4.78. The molecule has 1 amide bonds. The van der Waals surface area contributed by atoms with E-state index >= 15 is 0 Å². The maximum atomic E-state index is 13.4. The third-order valence-corrected chi connectivity index (χ3v) is 9.05. The number of amides is 1. The minimum atomic E-state index is -0.966. The number of fused-ring (bicyclic) bond motifs is 1. The molecule has 0 aliphatic carbocycles. The number of hydrogen-bond donors (Lipinski definition) is 1. The van der Waals surface area contributed by atoms with Crippen molar-refractivity contribution in [3.63, 3.8) is 0 Å². The van der Waals surface area contributed by atoms with Gasteiger partial charge in [0.2, 0.25) is 0 Å². The predicted octanol–water partition coefficient (Wildman–Crippen LogP) is 5.75. The Hall–Kier alpha value is -4.09. The molecule has 224 valence electrons. The molecule has 2 fully saturated rings. The highest BCUT2D eigenvalue weighted by Gasteiger charge is 2.31. The van der Waals surface area contributed by atoms with Crippen LogP contribution in [0.1, 0.15) is 21.5 Å². The van der Waals surface area contributed by atoms with E-state index in [1.807, 2.05) is 54.7 Å². The predicted molar refractivity (Wildman–Crippen MR) is 177 cm³/mol. The van der Waals surface area contributed by atoms with Crippen LogP contribution in [0.25, 0.3) is 28.1 Å². The molecule has 1 N–H and O–H groups in total. The lowest BCUT2D eigenvalue weighted by Gasteiger charge is -2.26. The van der Waals surface area contributed by atoms with Crippen LogP contribution in [0.2, 0.25) is 0 Å². The summed E-state index contributed by atoms with van der Waals surface area (Å²) in [7, 11) is 0. The maximum absolute atomic E-state index is 13.4. The average Bonchev–Trinajstić information content (AvgIpc) is 3.31. The first-order valence-electron chi connectivity index (χ1n) is 14.4. The first-order valence-corrected chi connectivity index (χ1v) is 15.7. The molecule has 0 atom stereocenters. The van der Waals surface area contributed by atoms with Crippen LogP contribution < -0.4 is 4.74 Å². The molecule has 2 saturated heterocycles. The first-order chi connectivity index (χ1) is 21.4. The Morgan fingerprint density at radius 1 is 1.05 bits per heavy atom. The summed E-state index contributed by atoms with van der Waals surface area (Å²) in [6, 6.07) is 22.7. The van der Waals surface area contributed by atoms with Gasteiger partial charge in [-0.25, -0.2) is 4.79 Å². The second-order valence-corrected chi connectivity index (χ2v) is 12.2. The molecule has 2 aliphatic heterocycles. The van der Waals surface area contributed by atoms with Crippen LogP contribution in [0.5, 0.6) is 5.75 Å². The van der Waals surface area contributed by atoms with Crippen molar-refractivity contribution in [2.75, 3.05) is 46.0 Å². The van der Waals surface area contributed by atoms with Gasteiger partial charge < -0.3 is 14.6 Å². The van der Waals surface area contributed by atoms with Crippen LogP contribution in [0, 0.1) is 0 Å². The van der Waals surface area contributed by atoms with Gasteiger partial charge in [-0.05, 0) is 60.0 Å². The minimum absolute atomic E-state index is 0.137. The van der Waals surface area contributed by atoms with Gasteiger partial charge >= 0.3 is 5.97 Å². The van der Waals surface area contributed by atoms with Crippen LogP contribution in [0.15, 0.2) is 83.9 Å². The number of hydrogen-bond acceptors (Lipinski definition) is 8. The van der Waals surface area contributed by atoms with E-state index in [1.54, 1.807) is 29.2 Å². The molecule has 4 aromatic rings. The summed E-state index contributed by atoms with van der Waals surface area (Å²) < 4.78 is 12.3. The highest BCUT2D eigenvalue weighted by Crippen LogP contribution is 2.36. The molecular weight excluding hydrogens is 595 g/mol. The fraction of sp³-hybridized carbons (Fsp3) is 0.235. The SMILES string of the molecule is O=C(O)c1ccc(CCN2C(=O)/C(=C/c3ccc(OCCN4CCOCC4)c(-c4cnc5ccccc5c4)c3)SC2=S)cc1. The standard InChI is InChI=1S/C34H31N3O5S2/c38-32-31(44-34(43)37(32)12-11-23-5-8-25(9-6-23)33(39)40)20-24-7-10-30(42-18-15-36-13-16-41-17-14-36)28(19-24)27-21-26-3-1-2-4-29(26)35-22-27/h1-10,19-22H,11-18H2,(H,39,40)/b31-20-. The molecule has 10 heteroatoms. The Morgan fingerprint density at radius 2 is 1.84 bits per heavy atom. The monoisotopic (exact) mass is 625 g/mol. The molecule has 3 heterocycles. The Morgan fingerprint density at radius 3 is 2.64 bits per heavy atom. The summed E-state index contributed by atoms with van der Waals surface area (Å²) in [5.74, 6) is -0.345. The molecule has 2 aliphatic rings. The van der Waals surface area contributed by atoms with Crippen molar-refractivity contribution in [2.24, 2.45) is 0 Å². The Balaban J connectivity index is 1.21. The number of rotatable bonds is 10. The largest absolute Gasteiger partial charge is 0.492 e. The number of carbonyl (C=O) groups excluding carboxylic acids is 1. The van der Waals surface area contributed by atoms with Gasteiger partial charge in [0.25, 0.3) is 5.91 Å². The van der Waals surface area contributed by atoms with Crippen molar-refractivity contribution in [1.29, 1.82) is 0 Å². The van der Waals surface area contributed by atoms with Crippen molar-refractivity contribution in [1.82, 2.24) is 14.8 Å². The molecule has 1 aromatic heterocycles. The molecule has 0 bridgehead atoms. The second-order valence-electron chi connectivity index (χ2n) is 10.6. The zero-order chi connectivity index (χ0) is 30.5. The highest BCUT2D eigenvalue weighted by molar-refractivity contribution is 8.26. The zero-order valence-electron chi connectivity index (χ0n) is 24.0. The van der Waals surface area contributed by atoms with Gasteiger partial charge in [-0.15, -0.1) is 0 Å². The van der Waals surface area contributed by atoms with E-state index in [0.29, 0.717) is 28.8 Å². The normalized spacial score (nSPS) is 16.6. The van der Waals surface area contributed by atoms with Gasteiger partial charge in [-0.1, -0.05) is 60.4 Å². The average molecular weight is 626 g/mol. The summed E-state index contributed by atoms with van der Waals surface area (Å²) >= 11 is 6.85. The van der Waals surface area contributed by atoms with E-state index < -0.39 is 5.97 Å². The smallest absolute Gasteiger partial charge is 0.335 e. The molecule has 0 unspecified atom stereocenters. The number of nitrogens with zero attached hydrogens (tertiary/aromatic N) is 3. The van der Waals surface area contributed by atoms with Crippen LogP contribution in [-0.2, 0) is 16.0 Å². The molecule has 0 radical (unpaired) electrons. The maximum Gasteiger partial charge on any atom is 0.335 e. The number of aromatic nitrogens is 1. The molecule has 0 saturated carbocycles. The summed E-state index contributed by atoms with van der Waals surface area (Å²) in [5, 5.41) is 10.2. The van der Waals surface area contributed by atoms with Crippen LogP contribution in [0.4, 0.5) is 0 Å². The van der Waals surface area contributed by atoms with Crippen LogP contribution in [-0.4, -0.2) is 82.1 Å². The van der Waals surface area contributed by atoms with E-state index in [4.69, 9.17) is 26.8 Å². The molecule has 6 rings (SSSR count). The van der Waals surface area contributed by atoms with Crippen molar-refractivity contribution in [2.45, 2.75) is 6.42 Å². The fourth-order valence-corrected chi connectivity index (χ4v) is 6.52. The van der Waals surface area contributed by atoms with Gasteiger partial charge in [0, 0.05) is 48.9 Å². The summed E-state index contributed by atoms with van der Waals surface area (Å²) in [6.07, 6.45) is 4.30. The number of benzene rings is 3. The topological polar surface area (TPSA) is 92.2 Å². The number of para-hydroxylation sites is 1. The molecular formula is C34H31N3O5S2. The third-order valence-electron chi connectivity index (χ3n) is 7.67. The Kier molecular flexibility index (Phi) is 9.32. The Bertz CT molecular complexity index is 1730. The molecule has 3 aromatic carbocycles. The first kappa shape index (κ1) is 30.0. The van der Waals surface area contributed by atoms with Crippen molar-refractivity contribution in [3.8, 4) is 16.9 Å². The molecule has 0 spiro atoms. The van der Waals surface area contributed by atoms with E-state index in [2.05, 4.69) is 16.0 Å². The highest BCUT2D eigenvalue weighted by atomic mass is 32.2. The van der Waals surface area contributed by atoms with Gasteiger partial charge in [0.1, 0.15) is 16.7 Å². The molecule has 8 nitrogen and oxygen atoms in total. The minimum Gasteiger partial charge on any atom is -0.492 e. The number of carbonyl (C=O) groups is 2. The van der Waals surface area contributed by atoms with Gasteiger partial charge in [-0.3, -0.25) is 19.6 Å². The van der Waals surface area contributed by atoms with Crippen LogP contribution >= 0.6 is 24.0 Å². The van der Waals surface area contributed by atoms with Crippen molar-refractivity contribution < 1.29 is 24.2 Å². The summed E-state index contributed by atoms with van der Waals surface area (Å²) in [6.45, 7) is 5.07. The number of pyridine rings is 1. The zero-order valence-corrected chi connectivity index (χ0v) is 25.6. The van der Waals surface area contributed by atoms with E-state index in [-0.39, 0.29) is 11.5 Å². The third kappa shape index (κ3) is 7.00. The van der Waals surface area contributed by atoms with Crippen molar-refractivity contribution in [3.05, 3.63) is 101 Å². The van der Waals surface area contributed by atoms with E-state index in [1.165, 1.54) is 11.8 Å². The summed E-state index contributed by atoms with van der Waals surface area (Å²) in [4.78, 5) is 33.7. The van der Waals surface area contributed by atoms with Gasteiger partial charge in [0.15, 0.2) is 0 Å². The molecule has 44 heavy (non-hydrogen) atoms. The van der Waals surface area contributed by atoms with Gasteiger partial charge in [0.05, 0.1) is 29.2 Å². The van der Waals surface area contributed by atoms with Gasteiger partial charge in [-0.2, -0.15) is 0 Å².